The summed E-state index contributed by atoms with van der Waals surface area (Å²) in [7, 11) is -3.20. The summed E-state index contributed by atoms with van der Waals surface area (Å²) >= 11 is 0. The quantitative estimate of drug-likeness (QED) is 0.319. The maximum atomic E-state index is 12.5. The molecule has 1 N–H and O–H groups in total. The summed E-state index contributed by atoms with van der Waals surface area (Å²) in [5.74, 6) is 2.78. The van der Waals surface area contributed by atoms with Crippen molar-refractivity contribution in [2.45, 2.75) is 56.2 Å². The maximum absolute atomic E-state index is 12.5. The van der Waals surface area contributed by atoms with E-state index in [9.17, 15) is 8.42 Å². The molecule has 3 atom stereocenters. The average Bonchev–Trinajstić information content (AvgIpc) is 3.35. The third-order valence-electron chi connectivity index (χ3n) is 7.83. The van der Waals surface area contributed by atoms with Crippen LogP contribution < -0.4 is 5.32 Å². The van der Waals surface area contributed by atoms with Gasteiger partial charge in [0.25, 0.3) is 0 Å². The number of fused-ring (bicyclic) bond motifs is 2. The molecule has 0 aromatic heterocycles. The number of hydrogen-bond acceptors (Lipinski definition) is 5. The Kier molecular flexibility index (Phi) is 8.34. The van der Waals surface area contributed by atoms with Crippen molar-refractivity contribution in [3.63, 3.8) is 0 Å². The number of nitrogens with zero attached hydrogens (tertiary/aromatic N) is 3. The van der Waals surface area contributed by atoms with Crippen LogP contribution in [0.2, 0.25) is 0 Å². The van der Waals surface area contributed by atoms with Gasteiger partial charge in [0.15, 0.2) is 15.8 Å². The Morgan fingerprint density at radius 1 is 1.13 bits per heavy atom. The molecule has 4 aliphatic rings. The van der Waals surface area contributed by atoms with Crippen LogP contribution in [0.1, 0.15) is 45.4 Å². The first kappa shape index (κ1) is 24.5. The first-order valence-corrected chi connectivity index (χ1v) is 13.4. The molecule has 7 nitrogen and oxygen atoms in total. The number of hydrogen-bond donors (Lipinski definition) is 1. The van der Waals surface area contributed by atoms with Gasteiger partial charge in [-0.05, 0) is 50.9 Å². The highest BCUT2D eigenvalue weighted by atomic mass is 127. The zero-order valence-electron chi connectivity index (χ0n) is 18.5. The van der Waals surface area contributed by atoms with Gasteiger partial charge in [-0.2, -0.15) is 0 Å². The lowest BCUT2D eigenvalue weighted by Gasteiger charge is -2.42. The number of ether oxygens (including phenoxy) is 1. The number of rotatable bonds is 5. The number of guanidine groups is 1. The average molecular weight is 555 g/mol. The molecule has 0 spiro atoms. The molecule has 2 bridgehead atoms. The van der Waals surface area contributed by atoms with Gasteiger partial charge in [-0.15, -0.1) is 24.0 Å². The van der Waals surface area contributed by atoms with Crippen LogP contribution in [-0.4, -0.2) is 93.7 Å². The molecule has 4 fully saturated rings. The first-order chi connectivity index (χ1) is 13.9. The summed E-state index contributed by atoms with van der Waals surface area (Å²) in [6.45, 7) is 8.30. The summed E-state index contributed by atoms with van der Waals surface area (Å²) in [5.41, 5.74) is 0. The van der Waals surface area contributed by atoms with Crippen molar-refractivity contribution in [3.05, 3.63) is 0 Å². The van der Waals surface area contributed by atoms with Crippen molar-refractivity contribution in [1.82, 2.24) is 15.1 Å². The van der Waals surface area contributed by atoms with Gasteiger partial charge in [0.2, 0.25) is 0 Å². The van der Waals surface area contributed by atoms with Gasteiger partial charge >= 0.3 is 0 Å². The molecular formula is C21H39IN4O3S. The molecule has 0 aromatic carbocycles. The maximum Gasteiger partial charge on any atom is 0.194 e. The Hall–Kier alpha value is -0.130. The third kappa shape index (κ3) is 5.09. The van der Waals surface area contributed by atoms with E-state index in [0.717, 1.165) is 56.6 Å². The molecule has 2 aliphatic heterocycles. The van der Waals surface area contributed by atoms with Gasteiger partial charge in [0.1, 0.15) is 0 Å². The van der Waals surface area contributed by atoms with Crippen LogP contribution in [-0.2, 0) is 14.6 Å². The lowest BCUT2D eigenvalue weighted by molar-refractivity contribution is 0.0764. The molecule has 0 amide bonds. The summed E-state index contributed by atoms with van der Waals surface area (Å²) < 4.78 is 29.7. The van der Waals surface area contributed by atoms with Crippen molar-refractivity contribution in [3.8, 4) is 0 Å². The zero-order chi connectivity index (χ0) is 20.5. The third-order valence-corrected chi connectivity index (χ3v) is 9.94. The minimum atomic E-state index is -3.20. The Balaban J connectivity index is 0.00000256. The molecule has 174 valence electrons. The summed E-state index contributed by atoms with van der Waals surface area (Å²) in [5, 5.41) is 3.40. The minimum Gasteiger partial charge on any atom is -0.381 e. The summed E-state index contributed by atoms with van der Waals surface area (Å²) in [4.78, 5) is 9.87. The Labute approximate surface area is 199 Å². The number of nitrogens with one attached hydrogen (secondary N) is 1. The van der Waals surface area contributed by atoms with Crippen LogP contribution in [0.25, 0.3) is 0 Å². The van der Waals surface area contributed by atoms with E-state index in [1.54, 1.807) is 0 Å². The number of piperazine rings is 1. The molecular weight excluding hydrogens is 515 g/mol. The second-order valence-corrected chi connectivity index (χ2v) is 11.9. The van der Waals surface area contributed by atoms with Crippen LogP contribution in [0, 0.1) is 11.8 Å². The second kappa shape index (κ2) is 10.2. The van der Waals surface area contributed by atoms with Crippen molar-refractivity contribution in [2.75, 3.05) is 58.7 Å². The fraction of sp³-hybridized carbons (Fsp3) is 0.952. The van der Waals surface area contributed by atoms with Crippen LogP contribution >= 0.6 is 24.0 Å². The van der Waals surface area contributed by atoms with Crippen molar-refractivity contribution >= 4 is 39.8 Å². The lowest BCUT2D eigenvalue weighted by atomic mass is 9.93. The van der Waals surface area contributed by atoms with E-state index in [4.69, 9.17) is 9.73 Å². The smallest absolute Gasteiger partial charge is 0.194 e. The van der Waals surface area contributed by atoms with E-state index >= 15 is 0 Å². The standard InChI is InChI=1S/C21H38N4O3S.HI/c1-3-22-20(23-16-21(29(2,26)27)6-12-28-13-7-21)25-10-8-24(9-11-25)19-15-17-4-5-18(19)14-17;/h17-19H,3-16H2,1-2H3,(H,22,23);1H. The fourth-order valence-corrected chi connectivity index (χ4v) is 7.17. The highest BCUT2D eigenvalue weighted by Crippen LogP contribution is 2.46. The predicted octanol–water partition coefficient (Wildman–Crippen LogP) is 1.97. The fourth-order valence-electron chi connectivity index (χ4n) is 5.96. The van der Waals surface area contributed by atoms with E-state index in [1.165, 1.54) is 31.9 Å². The molecule has 2 aliphatic carbocycles. The van der Waals surface area contributed by atoms with E-state index < -0.39 is 14.6 Å². The molecule has 4 rings (SSSR count). The molecule has 2 saturated heterocycles. The van der Waals surface area contributed by atoms with Gasteiger partial charge in [0, 0.05) is 58.2 Å². The second-order valence-electron chi connectivity index (χ2n) is 9.50. The highest BCUT2D eigenvalue weighted by molar-refractivity contribution is 14.0. The van der Waals surface area contributed by atoms with Crippen molar-refractivity contribution < 1.29 is 13.2 Å². The Morgan fingerprint density at radius 2 is 1.83 bits per heavy atom. The van der Waals surface area contributed by atoms with Gasteiger partial charge in [-0.1, -0.05) is 6.42 Å². The molecule has 2 heterocycles. The van der Waals surface area contributed by atoms with Crippen LogP contribution in [0.5, 0.6) is 0 Å². The predicted molar refractivity (Wildman–Crippen MR) is 131 cm³/mol. The SMILES string of the molecule is CCNC(=NCC1(S(C)(=O)=O)CCOCC1)N1CCN(C2CC3CCC2C3)CC1.I. The van der Waals surface area contributed by atoms with E-state index in [-0.39, 0.29) is 24.0 Å². The van der Waals surface area contributed by atoms with Crippen molar-refractivity contribution in [2.24, 2.45) is 16.8 Å². The summed E-state index contributed by atoms with van der Waals surface area (Å²) in [6, 6.07) is 0.797. The minimum absolute atomic E-state index is 0. The van der Waals surface area contributed by atoms with Gasteiger partial charge in [0.05, 0.1) is 11.3 Å². The molecule has 2 saturated carbocycles. The van der Waals surface area contributed by atoms with Gasteiger partial charge < -0.3 is 15.0 Å². The first-order valence-electron chi connectivity index (χ1n) is 11.5. The van der Waals surface area contributed by atoms with Crippen LogP contribution in [0.3, 0.4) is 0 Å². The summed E-state index contributed by atoms with van der Waals surface area (Å²) in [6.07, 6.45) is 8.15. The Bertz CT molecular complexity index is 703. The number of aliphatic imine (C=N–C) groups is 1. The van der Waals surface area contributed by atoms with Crippen molar-refractivity contribution in [1.29, 1.82) is 0 Å². The molecule has 0 aromatic rings. The van der Waals surface area contributed by atoms with E-state index in [1.807, 2.05) is 0 Å². The molecule has 0 radical (unpaired) electrons. The van der Waals surface area contributed by atoms with E-state index in [0.29, 0.717) is 32.6 Å². The van der Waals surface area contributed by atoms with Crippen LogP contribution in [0.4, 0.5) is 0 Å². The monoisotopic (exact) mass is 554 g/mol. The largest absolute Gasteiger partial charge is 0.381 e. The normalized spacial score (nSPS) is 32.1. The van der Waals surface area contributed by atoms with Gasteiger partial charge in [-0.3, -0.25) is 9.89 Å². The molecule has 9 heteroatoms. The van der Waals surface area contributed by atoms with Crippen LogP contribution in [0.15, 0.2) is 4.99 Å². The number of halogens is 1. The Morgan fingerprint density at radius 3 is 2.37 bits per heavy atom. The highest BCUT2D eigenvalue weighted by Gasteiger charge is 2.44. The molecule has 30 heavy (non-hydrogen) atoms. The topological polar surface area (TPSA) is 74.2 Å². The zero-order valence-corrected chi connectivity index (χ0v) is 21.7. The molecule has 3 unspecified atom stereocenters. The van der Waals surface area contributed by atoms with E-state index in [2.05, 4.69) is 22.0 Å². The number of sulfone groups is 1. The lowest BCUT2D eigenvalue weighted by Crippen LogP contribution is -2.56. The van der Waals surface area contributed by atoms with Gasteiger partial charge in [-0.25, -0.2) is 8.42 Å².